The van der Waals surface area contributed by atoms with Gasteiger partial charge in [-0.1, -0.05) is 20.8 Å². The zero-order valence-corrected chi connectivity index (χ0v) is 14.1. The van der Waals surface area contributed by atoms with Crippen molar-refractivity contribution in [2.45, 2.75) is 37.3 Å². The molecular weight excluding hydrogens is 292 g/mol. The first-order valence-corrected chi connectivity index (χ1v) is 7.77. The lowest BCUT2D eigenvalue weighted by atomic mass is 10.2. The lowest BCUT2D eigenvalue weighted by molar-refractivity contribution is 0.0954. The average molecular weight is 317 g/mol. The summed E-state index contributed by atoms with van der Waals surface area (Å²) < 4.78 is 0. The molecule has 0 heterocycles. The topological polar surface area (TPSA) is 41.1 Å². The van der Waals surface area contributed by atoms with Gasteiger partial charge in [0.05, 0.1) is 0 Å². The minimum absolute atomic E-state index is 0. The molecule has 0 bridgehead atoms. The smallest absolute Gasteiger partial charge is 0.251 e. The molecular formula is C15H25ClN2OS. The van der Waals surface area contributed by atoms with Crippen molar-refractivity contribution in [1.82, 2.24) is 10.6 Å². The number of halogens is 1. The third-order valence-corrected chi connectivity index (χ3v) is 3.52. The van der Waals surface area contributed by atoms with E-state index < -0.39 is 0 Å². The summed E-state index contributed by atoms with van der Waals surface area (Å²) in [5.41, 5.74) is 0.726. The predicted octanol–water partition coefficient (Wildman–Crippen LogP) is 3.34. The second kappa shape index (κ2) is 11.0. The van der Waals surface area contributed by atoms with Gasteiger partial charge in [0.25, 0.3) is 5.91 Å². The van der Waals surface area contributed by atoms with E-state index in [1.54, 1.807) is 11.8 Å². The van der Waals surface area contributed by atoms with Crippen molar-refractivity contribution in [3.63, 3.8) is 0 Å². The van der Waals surface area contributed by atoms with Crippen LogP contribution in [0.4, 0.5) is 0 Å². The fourth-order valence-corrected chi connectivity index (χ4v) is 2.46. The number of hydrogen-bond donors (Lipinski definition) is 2. The Labute approximate surface area is 132 Å². The van der Waals surface area contributed by atoms with Gasteiger partial charge in [0, 0.05) is 28.8 Å². The molecule has 1 aromatic rings. The fourth-order valence-electron chi connectivity index (χ4n) is 1.63. The van der Waals surface area contributed by atoms with E-state index >= 15 is 0 Å². The van der Waals surface area contributed by atoms with Crippen molar-refractivity contribution in [2.24, 2.45) is 0 Å². The van der Waals surface area contributed by atoms with Crippen LogP contribution in [-0.4, -0.2) is 30.8 Å². The Bertz CT molecular complexity index is 382. The minimum atomic E-state index is -0.000560. The Kier molecular flexibility index (Phi) is 10.6. The molecule has 0 atom stereocenters. The summed E-state index contributed by atoms with van der Waals surface area (Å²) in [6, 6.07) is 7.79. The zero-order chi connectivity index (χ0) is 14.1. The molecule has 0 saturated heterocycles. The Morgan fingerprint density at radius 3 is 2.35 bits per heavy atom. The van der Waals surface area contributed by atoms with Crippen LogP contribution in [0.1, 0.15) is 37.6 Å². The SMILES string of the molecule is CCCNCCNC(=O)c1ccc(SC(C)C)cc1.Cl. The van der Waals surface area contributed by atoms with Crippen LogP contribution in [0.2, 0.25) is 0 Å². The van der Waals surface area contributed by atoms with Gasteiger partial charge in [0.1, 0.15) is 0 Å². The number of benzene rings is 1. The molecule has 1 aromatic carbocycles. The average Bonchev–Trinajstić information content (AvgIpc) is 2.38. The second-order valence-electron chi connectivity index (χ2n) is 4.70. The third-order valence-electron chi connectivity index (χ3n) is 2.50. The van der Waals surface area contributed by atoms with Crippen LogP contribution in [0.3, 0.4) is 0 Å². The van der Waals surface area contributed by atoms with E-state index in [-0.39, 0.29) is 18.3 Å². The first-order valence-electron chi connectivity index (χ1n) is 6.89. The number of amides is 1. The molecule has 5 heteroatoms. The molecule has 0 aliphatic rings. The van der Waals surface area contributed by atoms with Gasteiger partial charge in [-0.2, -0.15) is 0 Å². The van der Waals surface area contributed by atoms with Crippen LogP contribution < -0.4 is 10.6 Å². The van der Waals surface area contributed by atoms with Gasteiger partial charge in [-0.3, -0.25) is 4.79 Å². The Hall–Kier alpha value is -0.710. The van der Waals surface area contributed by atoms with Crippen LogP contribution in [0.5, 0.6) is 0 Å². The van der Waals surface area contributed by atoms with E-state index in [0.717, 1.165) is 25.1 Å². The third kappa shape index (κ3) is 7.78. The second-order valence-corrected chi connectivity index (χ2v) is 6.35. The van der Waals surface area contributed by atoms with Gasteiger partial charge < -0.3 is 10.6 Å². The number of rotatable bonds is 8. The molecule has 0 aliphatic heterocycles. The molecule has 1 rings (SSSR count). The molecule has 0 radical (unpaired) electrons. The zero-order valence-electron chi connectivity index (χ0n) is 12.4. The molecule has 0 saturated carbocycles. The molecule has 0 unspecified atom stereocenters. The van der Waals surface area contributed by atoms with Crippen molar-refractivity contribution in [2.75, 3.05) is 19.6 Å². The Morgan fingerprint density at radius 2 is 1.80 bits per heavy atom. The van der Waals surface area contributed by atoms with Crippen molar-refractivity contribution in [3.05, 3.63) is 29.8 Å². The van der Waals surface area contributed by atoms with Gasteiger partial charge in [-0.25, -0.2) is 0 Å². The summed E-state index contributed by atoms with van der Waals surface area (Å²) in [7, 11) is 0. The number of carbonyl (C=O) groups excluding carboxylic acids is 1. The molecule has 0 aliphatic carbocycles. The minimum Gasteiger partial charge on any atom is -0.351 e. The summed E-state index contributed by atoms with van der Waals surface area (Å²) in [6.07, 6.45) is 1.11. The van der Waals surface area contributed by atoms with Gasteiger partial charge in [0.2, 0.25) is 0 Å². The maximum Gasteiger partial charge on any atom is 0.251 e. The molecule has 20 heavy (non-hydrogen) atoms. The first kappa shape index (κ1) is 19.3. The number of thioether (sulfide) groups is 1. The Balaban J connectivity index is 0.00000361. The molecule has 2 N–H and O–H groups in total. The summed E-state index contributed by atoms with van der Waals surface area (Å²) in [6.45, 7) is 8.94. The van der Waals surface area contributed by atoms with Crippen LogP contribution in [0.15, 0.2) is 29.2 Å². The highest BCUT2D eigenvalue weighted by Crippen LogP contribution is 2.22. The monoisotopic (exact) mass is 316 g/mol. The van der Waals surface area contributed by atoms with Crippen molar-refractivity contribution < 1.29 is 4.79 Å². The van der Waals surface area contributed by atoms with E-state index in [1.165, 1.54) is 4.90 Å². The molecule has 0 aromatic heterocycles. The Morgan fingerprint density at radius 1 is 1.15 bits per heavy atom. The maximum absolute atomic E-state index is 11.9. The lowest BCUT2D eigenvalue weighted by Crippen LogP contribution is -2.32. The number of nitrogens with one attached hydrogen (secondary N) is 2. The highest BCUT2D eigenvalue weighted by Gasteiger charge is 2.05. The largest absolute Gasteiger partial charge is 0.351 e. The first-order chi connectivity index (χ1) is 9.13. The highest BCUT2D eigenvalue weighted by atomic mass is 35.5. The standard InChI is InChI=1S/C15H24N2OS.ClH/c1-4-9-16-10-11-17-15(18)13-5-7-14(8-6-13)19-12(2)3;/h5-8,12,16H,4,9-11H2,1-3H3,(H,17,18);1H. The van der Waals surface area contributed by atoms with Crippen molar-refractivity contribution in [1.29, 1.82) is 0 Å². The van der Waals surface area contributed by atoms with E-state index in [2.05, 4.69) is 31.4 Å². The molecule has 3 nitrogen and oxygen atoms in total. The lowest BCUT2D eigenvalue weighted by Gasteiger charge is -2.08. The van der Waals surface area contributed by atoms with Crippen LogP contribution in [0, 0.1) is 0 Å². The van der Waals surface area contributed by atoms with Gasteiger partial charge in [-0.05, 0) is 37.2 Å². The van der Waals surface area contributed by atoms with Gasteiger partial charge in [0.15, 0.2) is 0 Å². The van der Waals surface area contributed by atoms with E-state index in [4.69, 9.17) is 0 Å². The van der Waals surface area contributed by atoms with Crippen LogP contribution >= 0.6 is 24.2 Å². The van der Waals surface area contributed by atoms with E-state index in [9.17, 15) is 4.79 Å². The number of carbonyl (C=O) groups is 1. The van der Waals surface area contributed by atoms with Crippen LogP contribution in [0.25, 0.3) is 0 Å². The molecule has 0 fully saturated rings. The maximum atomic E-state index is 11.9. The van der Waals surface area contributed by atoms with Gasteiger partial charge >= 0.3 is 0 Å². The summed E-state index contributed by atoms with van der Waals surface area (Å²) >= 11 is 1.80. The van der Waals surface area contributed by atoms with Gasteiger partial charge in [-0.15, -0.1) is 24.2 Å². The quantitative estimate of drug-likeness (QED) is 0.571. The summed E-state index contributed by atoms with van der Waals surface area (Å²) in [5, 5.41) is 6.72. The molecule has 114 valence electrons. The normalized spacial score (nSPS) is 10.2. The van der Waals surface area contributed by atoms with E-state index in [0.29, 0.717) is 11.8 Å². The highest BCUT2D eigenvalue weighted by molar-refractivity contribution is 7.99. The van der Waals surface area contributed by atoms with E-state index in [1.807, 2.05) is 24.3 Å². The van der Waals surface area contributed by atoms with Crippen molar-refractivity contribution >= 4 is 30.1 Å². The van der Waals surface area contributed by atoms with Crippen molar-refractivity contribution in [3.8, 4) is 0 Å². The molecule has 0 spiro atoms. The predicted molar refractivity (Wildman–Crippen MR) is 90.2 cm³/mol. The molecule has 1 amide bonds. The van der Waals surface area contributed by atoms with Crippen LogP contribution in [-0.2, 0) is 0 Å². The summed E-state index contributed by atoms with van der Waals surface area (Å²) in [4.78, 5) is 13.1. The number of hydrogen-bond acceptors (Lipinski definition) is 3. The summed E-state index contributed by atoms with van der Waals surface area (Å²) in [5.74, 6) is -0.000560. The fraction of sp³-hybridized carbons (Fsp3) is 0.533.